The number of methoxy groups -OCH3 is 3. The number of aliphatic hydroxyl groups is 1. The van der Waals surface area contributed by atoms with Crippen LogP contribution >= 0.6 is 23.2 Å². The Hall–Kier alpha value is -9.13. The summed E-state index contributed by atoms with van der Waals surface area (Å²) < 4.78 is 24.3. The zero-order valence-electron chi connectivity index (χ0n) is 66.6. The number of piperidine rings is 3. The molecule has 9 aromatic carbocycles. The molecule has 0 unspecified atom stereocenters. The van der Waals surface area contributed by atoms with Crippen molar-refractivity contribution in [3.63, 3.8) is 0 Å². The lowest BCUT2D eigenvalue weighted by Gasteiger charge is -2.39. The molecule has 3 saturated carbocycles. The van der Waals surface area contributed by atoms with E-state index in [9.17, 15) is 19.5 Å². The number of halogens is 2. The van der Waals surface area contributed by atoms with Crippen LogP contribution in [0.1, 0.15) is 124 Å². The second kappa shape index (κ2) is 40.1. The zero-order chi connectivity index (χ0) is 79.0. The monoisotopic (exact) mass is 1590 g/mol. The van der Waals surface area contributed by atoms with Crippen LogP contribution < -0.4 is 25.4 Å². The number of aryl methyl sites for hydroxylation is 1. The summed E-state index contributed by atoms with van der Waals surface area (Å²) in [5.41, 5.74) is 14.9. The molecule has 6 fully saturated rings. The maximum Gasteiger partial charge on any atom is 0.228 e. The summed E-state index contributed by atoms with van der Waals surface area (Å²) in [6.45, 7) is 13.3. The van der Waals surface area contributed by atoms with Gasteiger partial charge in [-0.1, -0.05) is 239 Å². The molecule has 9 atom stereocenters. The quantitative estimate of drug-likeness (QED) is 0.0346. The Labute approximate surface area is 691 Å². The second-order valence-electron chi connectivity index (χ2n) is 32.1. The minimum absolute atomic E-state index is 0. The number of hydrogen-bond acceptors (Lipinski definition) is 11. The van der Waals surface area contributed by atoms with Crippen molar-refractivity contribution in [3.8, 4) is 44.9 Å². The molecule has 0 spiro atoms. The first kappa shape index (κ1) is 83.8. The number of fused-ring (bicyclic) bond motifs is 1. The summed E-state index contributed by atoms with van der Waals surface area (Å²) in [5.74, 6) is 2.24. The average Bonchev–Trinajstić information content (AvgIpc) is 1.38. The molecule has 1 aromatic heterocycles. The van der Waals surface area contributed by atoms with Gasteiger partial charge in [-0.05, 0) is 161 Å². The highest BCUT2D eigenvalue weighted by atomic mass is 35.5. The Morgan fingerprint density at radius 2 is 0.870 bits per heavy atom. The molecular weight excluding hydrogens is 1470 g/mol. The van der Waals surface area contributed by atoms with Gasteiger partial charge in [0.2, 0.25) is 17.7 Å². The third-order valence-corrected chi connectivity index (χ3v) is 24.7. The third-order valence-electron chi connectivity index (χ3n) is 23.8. The van der Waals surface area contributed by atoms with Gasteiger partial charge < -0.3 is 59.3 Å². The van der Waals surface area contributed by atoms with E-state index < -0.39 is 6.10 Å². The van der Waals surface area contributed by atoms with E-state index in [0.29, 0.717) is 92.1 Å². The van der Waals surface area contributed by atoms with Crippen LogP contribution in [-0.4, -0.2) is 147 Å². The molecule has 3 amide bonds. The van der Waals surface area contributed by atoms with Crippen LogP contribution in [0.25, 0.3) is 44.3 Å². The molecule has 4 heterocycles. The van der Waals surface area contributed by atoms with Gasteiger partial charge >= 0.3 is 0 Å². The lowest BCUT2D eigenvalue weighted by molar-refractivity contribution is -0.140. The molecule has 115 heavy (non-hydrogen) atoms. The standard InChI is InChI=1S/C35H41N3O2.C33H40N2O5.C29H30Cl2N2O.CH4/c1-25-21-36-22-32(34(25)28-13-8-12-27(20-28)26-10-4-3-5-11-26)35(39)38(30-16-17-30)24-29-23-37(18-9-19-40-2)33-15-7-6-14-31(29)33;1-38-14-7-15-40-29-17-23(16-28(19-29)39-2)22-35(27-12-13-27)33(37)30-20-34-21-31(36)32(30)26-11-6-10-25(18-26)24-8-4-3-5-9-24;1-19-16-32-17-25(27(19)22-10-5-9-21(15-22)20-7-3-2-4-8-20)29(34)33(24-13-14-24)18-23-11-6-12-26(30)28(23)31;/h3-8,10-15,20,23,25,30,32,34,36H,9,16-19,21-22,24H2,1-2H3;3-6,8-11,16-19,27,30-32,34,36H,7,12-15,20-22H2,1-2H3;2-12,15,19,24-25,27,32H,13-14,16-18H2,1H3;1H4/t25-,32+,34-;30-,31+,32+;19-,25+,27-;/m101./s1. The van der Waals surface area contributed by atoms with E-state index in [1.807, 2.05) is 71.6 Å². The van der Waals surface area contributed by atoms with Crippen molar-refractivity contribution >= 4 is 51.8 Å². The number of ether oxygens (including phenoxy) is 4. The van der Waals surface area contributed by atoms with E-state index in [1.165, 1.54) is 49.8 Å². The summed E-state index contributed by atoms with van der Waals surface area (Å²) in [6.07, 6.45) is 9.66. The van der Waals surface area contributed by atoms with E-state index in [2.05, 4.69) is 202 Å². The second-order valence-corrected chi connectivity index (χ2v) is 32.9. The fourth-order valence-electron chi connectivity index (χ4n) is 17.6. The summed E-state index contributed by atoms with van der Waals surface area (Å²) in [6, 6.07) is 78.1. The smallest absolute Gasteiger partial charge is 0.228 e. The van der Waals surface area contributed by atoms with Gasteiger partial charge in [-0.15, -0.1) is 0 Å². The van der Waals surface area contributed by atoms with Crippen molar-refractivity contribution in [1.29, 1.82) is 0 Å². The summed E-state index contributed by atoms with van der Waals surface area (Å²) >= 11 is 12.8. The summed E-state index contributed by atoms with van der Waals surface area (Å²) in [7, 11) is 5.07. The first-order chi connectivity index (χ1) is 55.7. The van der Waals surface area contributed by atoms with Crippen LogP contribution in [0.4, 0.5) is 0 Å². The fourth-order valence-corrected chi connectivity index (χ4v) is 18.0. The van der Waals surface area contributed by atoms with Crippen LogP contribution in [0.3, 0.4) is 0 Å². The third kappa shape index (κ3) is 21.0. The predicted octanol–water partition coefficient (Wildman–Crippen LogP) is 18.5. The molecule has 604 valence electrons. The van der Waals surface area contributed by atoms with Gasteiger partial charge in [0.25, 0.3) is 0 Å². The van der Waals surface area contributed by atoms with Crippen molar-refractivity contribution in [2.24, 2.45) is 29.6 Å². The fraction of sp³-hybridized carbons (Fsp3) is 0.398. The molecule has 4 N–H and O–H groups in total. The van der Waals surface area contributed by atoms with Crippen molar-refractivity contribution < 1.29 is 38.4 Å². The number of nitrogens with zero attached hydrogens (tertiary/aromatic N) is 4. The van der Waals surface area contributed by atoms with Gasteiger partial charge in [0.15, 0.2) is 0 Å². The highest BCUT2D eigenvalue weighted by molar-refractivity contribution is 6.42. The van der Waals surface area contributed by atoms with Crippen LogP contribution in [0, 0.1) is 29.6 Å². The number of amides is 3. The number of β-amino-alcohol motifs (C(OH)–C–C–N with tert-alkyl or cyclic N) is 1. The Balaban J connectivity index is 0.000000150. The molecule has 17 heteroatoms. The first-order valence-corrected chi connectivity index (χ1v) is 42.0. The number of carbonyl (C=O) groups is 3. The number of aromatic nitrogens is 1. The number of hydrogen-bond donors (Lipinski definition) is 4. The Kier molecular flexibility index (Phi) is 29.3. The van der Waals surface area contributed by atoms with Crippen molar-refractivity contribution in [2.45, 2.75) is 141 Å². The Morgan fingerprint density at radius 1 is 0.443 bits per heavy atom. The number of carbonyl (C=O) groups excluding carboxylic acids is 3. The minimum atomic E-state index is -0.654. The van der Waals surface area contributed by atoms with Gasteiger partial charge in [-0.3, -0.25) is 14.4 Å². The van der Waals surface area contributed by atoms with Gasteiger partial charge in [-0.25, -0.2) is 0 Å². The molecule has 0 bridgehead atoms. The topological polar surface area (TPSA) is 159 Å². The van der Waals surface area contributed by atoms with Gasteiger partial charge in [-0.2, -0.15) is 0 Å². The van der Waals surface area contributed by atoms with Crippen LogP contribution in [0.2, 0.25) is 10.0 Å². The predicted molar refractivity (Wildman–Crippen MR) is 465 cm³/mol. The summed E-state index contributed by atoms with van der Waals surface area (Å²) in [4.78, 5) is 49.1. The van der Waals surface area contributed by atoms with E-state index in [1.54, 1.807) is 27.4 Å². The maximum absolute atomic E-state index is 14.5. The van der Waals surface area contributed by atoms with Gasteiger partial charge in [0.05, 0.1) is 47.6 Å². The number of benzene rings is 9. The molecule has 16 rings (SSSR count). The van der Waals surface area contributed by atoms with Crippen molar-refractivity contribution in [3.05, 3.63) is 274 Å². The van der Waals surface area contributed by atoms with E-state index >= 15 is 0 Å². The van der Waals surface area contributed by atoms with E-state index in [4.69, 9.17) is 42.1 Å². The maximum atomic E-state index is 14.5. The highest BCUT2D eigenvalue weighted by Crippen LogP contribution is 2.45. The molecule has 3 aliphatic heterocycles. The molecular formula is C98H115Cl2N7O8. The number of rotatable bonds is 28. The highest BCUT2D eigenvalue weighted by Gasteiger charge is 2.46. The number of para-hydroxylation sites is 1. The molecule has 3 saturated heterocycles. The normalized spacial score (nSPS) is 21.1. The minimum Gasteiger partial charge on any atom is -0.497 e. The zero-order valence-corrected chi connectivity index (χ0v) is 68.1. The lowest BCUT2D eigenvalue weighted by Crippen LogP contribution is -2.52. The van der Waals surface area contributed by atoms with Crippen LogP contribution in [0.15, 0.2) is 231 Å². The van der Waals surface area contributed by atoms with Crippen molar-refractivity contribution in [1.82, 2.24) is 35.2 Å². The van der Waals surface area contributed by atoms with Crippen LogP contribution in [0.5, 0.6) is 11.5 Å². The number of aliphatic hydroxyl groups excluding tert-OH is 1. The molecule has 0 radical (unpaired) electrons. The lowest BCUT2D eigenvalue weighted by atomic mass is 9.74. The summed E-state index contributed by atoms with van der Waals surface area (Å²) in [5, 5.41) is 23.9. The van der Waals surface area contributed by atoms with Gasteiger partial charge in [0.1, 0.15) is 11.5 Å². The number of nitrogens with one attached hydrogen (secondary N) is 3. The van der Waals surface area contributed by atoms with E-state index in [-0.39, 0.29) is 66.8 Å². The Bertz CT molecular complexity index is 4820. The molecule has 15 nitrogen and oxygen atoms in total. The molecule has 3 aliphatic carbocycles. The van der Waals surface area contributed by atoms with Crippen molar-refractivity contribution in [2.75, 3.05) is 80.4 Å². The SMILES string of the molecule is C.COCCCOc1cc(CN(C(=O)[C@H]2CNC[C@@H](O)[C@@H]2c2cccc(-c3ccccc3)c2)C2CC2)cc(OC)c1.COCCCn1cc(CN(C(=O)[C@H]2CNC[C@@H](C)[C@@H]2c2cccc(-c3ccccc3)c2)C2CC2)c2ccccc21.C[C@@H]1CNC[C@H](C(=O)N(Cc2cccc(Cl)c2Cl)C2CC2)[C@H]1c1cccc(-c2ccccc2)c1. The molecule has 6 aliphatic rings. The first-order valence-electron chi connectivity index (χ1n) is 41.2. The van der Waals surface area contributed by atoms with Gasteiger partial charge in [0, 0.05) is 145 Å². The van der Waals surface area contributed by atoms with E-state index in [0.717, 1.165) is 118 Å². The molecule has 10 aromatic rings. The average molecular weight is 1590 g/mol. The van der Waals surface area contributed by atoms with Crippen LogP contribution in [-0.2, 0) is 50.0 Å². The largest absolute Gasteiger partial charge is 0.497 e. The Morgan fingerprint density at radius 3 is 1.37 bits per heavy atom.